The number of esters is 1. The SMILES string of the molecule is COc1cc2cc(c1Cl)N(C)C(=O)C[C@H](OC(=O)Nc1ccc(CC(=O)[C@H](CCCNC(N)=O)NC(=O)[C@@H](CC(=S)NCCOCCOCCC(C)=O)C(C)C)cc1Cl)[C@]1(C)O[C@H]1[C@H](C)[C@@H]1C[C@@](O)(CC(=O)O1)[C@H](OC)/C=C/C=C(\C)C2. The van der Waals surface area contributed by atoms with Gasteiger partial charge in [0, 0.05) is 64.8 Å². The zero-order valence-electron chi connectivity index (χ0n) is 48.2. The molecular formula is C58H80Cl2N6O15S. The molecule has 0 spiro atoms. The Hall–Kier alpha value is -5.72. The highest BCUT2D eigenvalue weighted by atomic mass is 35.5. The fourth-order valence-electron chi connectivity index (χ4n) is 10.0. The van der Waals surface area contributed by atoms with Crippen molar-refractivity contribution < 1.29 is 71.8 Å². The Morgan fingerprint density at radius 1 is 1.01 bits per heavy atom. The topological polar surface area (TPSA) is 285 Å². The first-order valence-corrected chi connectivity index (χ1v) is 28.6. The van der Waals surface area contributed by atoms with Crippen molar-refractivity contribution in [2.75, 3.05) is 71.0 Å². The summed E-state index contributed by atoms with van der Waals surface area (Å²) >= 11 is 19.2. The van der Waals surface area contributed by atoms with Gasteiger partial charge in [0.2, 0.25) is 11.8 Å². The number of amides is 5. The maximum absolute atomic E-state index is 14.4. The predicted molar refractivity (Wildman–Crippen MR) is 313 cm³/mol. The number of halogens is 2. The molecule has 0 aromatic heterocycles. The number of epoxide rings is 1. The summed E-state index contributed by atoms with van der Waals surface area (Å²) < 4.78 is 40.6. The highest BCUT2D eigenvalue weighted by molar-refractivity contribution is 7.80. The van der Waals surface area contributed by atoms with Crippen LogP contribution < -0.4 is 36.6 Å². The number of rotatable bonds is 25. The molecule has 4 bridgehead atoms. The van der Waals surface area contributed by atoms with Crippen LogP contribution in [0.1, 0.15) is 97.6 Å². The van der Waals surface area contributed by atoms with Gasteiger partial charge in [0.1, 0.15) is 46.1 Å². The number of allylic oxidation sites excluding steroid dienone is 3. The van der Waals surface area contributed by atoms with Crippen molar-refractivity contribution in [1.29, 1.82) is 0 Å². The van der Waals surface area contributed by atoms with Gasteiger partial charge in [-0.25, -0.2) is 9.59 Å². The number of nitrogens with two attached hydrogens (primary N) is 1. The molecule has 82 heavy (non-hydrogen) atoms. The summed E-state index contributed by atoms with van der Waals surface area (Å²) in [5, 5.41) is 23.4. The number of nitrogens with one attached hydrogen (secondary N) is 4. The third kappa shape index (κ3) is 19.4. The Kier molecular flexibility index (Phi) is 25.6. The third-order valence-electron chi connectivity index (χ3n) is 14.9. The maximum atomic E-state index is 14.4. The first kappa shape index (κ1) is 67.1. The summed E-state index contributed by atoms with van der Waals surface area (Å²) in [6.45, 7) is 12.5. The number of methoxy groups -OCH3 is 2. The van der Waals surface area contributed by atoms with Crippen LogP contribution in [0.15, 0.2) is 54.1 Å². The van der Waals surface area contributed by atoms with Gasteiger partial charge in [-0.15, -0.1) is 0 Å². The third-order valence-corrected chi connectivity index (χ3v) is 15.9. The summed E-state index contributed by atoms with van der Waals surface area (Å²) in [4.78, 5) is 94.0. The number of ether oxygens (including phenoxy) is 7. The molecule has 0 saturated carbocycles. The Labute approximate surface area is 495 Å². The minimum absolute atomic E-state index is 0.00321. The van der Waals surface area contributed by atoms with E-state index < -0.39 is 83.9 Å². The molecule has 2 saturated heterocycles. The standard InChI is InChI=1S/C58H80Cl2N6O15S/c1-33(2)39(29-49(82)62-19-21-78-23-22-77-20-17-35(4)67)54(71)64-42(13-11-18-63-55(61)72)44(68)27-37-15-16-41(40(59)25-37)65-56(73)80-48-30-50(69)66(7)43-26-38(28-45(75-8)52(43)60)24-34(3)12-10-14-47(76-9)58(74)31-46(79-51(70)32-58)36(5)53-57(48,6)81-53/h10,12,14-16,25-26,28,33,36,39,42,46-48,53,74H,11,13,17-24,27,29-32H2,1-9H3,(H,62,82)(H,64,71)(H,65,73)(H3,61,63,72)/b14-10+,34-12+/t36-,39+,42+,46+,47-,48+,53+,57+,58-/m1/s1. The Morgan fingerprint density at radius 3 is 2.39 bits per heavy atom. The molecule has 24 heteroatoms. The molecule has 5 rings (SSSR count). The van der Waals surface area contributed by atoms with Gasteiger partial charge >= 0.3 is 18.1 Å². The van der Waals surface area contributed by atoms with Crippen molar-refractivity contribution in [3.05, 3.63) is 75.3 Å². The first-order chi connectivity index (χ1) is 38.8. The number of nitrogens with zero attached hydrogens (tertiary/aromatic N) is 1. The quantitative estimate of drug-likeness (QED) is 0.0255. The van der Waals surface area contributed by atoms with Gasteiger partial charge < -0.3 is 64.8 Å². The molecule has 3 aliphatic heterocycles. The zero-order valence-corrected chi connectivity index (χ0v) is 50.5. The highest BCUT2D eigenvalue weighted by Gasteiger charge is 2.64. The minimum atomic E-state index is -1.65. The zero-order chi connectivity index (χ0) is 60.5. The number of primary amides is 1. The van der Waals surface area contributed by atoms with Gasteiger partial charge in [-0.3, -0.25) is 29.3 Å². The van der Waals surface area contributed by atoms with Crippen molar-refractivity contribution in [1.82, 2.24) is 16.0 Å². The van der Waals surface area contributed by atoms with Gasteiger partial charge in [-0.05, 0) is 81.3 Å². The number of urea groups is 1. The molecule has 2 fully saturated rings. The lowest BCUT2D eigenvalue weighted by Crippen LogP contribution is -2.53. The van der Waals surface area contributed by atoms with Gasteiger partial charge in [0.05, 0.1) is 79.9 Å². The lowest BCUT2D eigenvalue weighted by atomic mass is 9.78. The van der Waals surface area contributed by atoms with Crippen LogP contribution in [-0.2, 0) is 65.2 Å². The lowest BCUT2D eigenvalue weighted by Gasteiger charge is -2.41. The molecule has 2 aromatic rings. The van der Waals surface area contributed by atoms with Crippen molar-refractivity contribution in [2.24, 2.45) is 23.5 Å². The van der Waals surface area contributed by atoms with E-state index in [0.29, 0.717) is 74.2 Å². The maximum Gasteiger partial charge on any atom is 0.412 e. The van der Waals surface area contributed by atoms with E-state index in [1.165, 1.54) is 38.2 Å². The number of aliphatic hydroxyl groups is 1. The number of carbonyl (C=O) groups is 7. The lowest BCUT2D eigenvalue weighted by molar-refractivity contribution is -0.187. The van der Waals surface area contributed by atoms with E-state index in [1.54, 1.807) is 51.2 Å². The highest BCUT2D eigenvalue weighted by Crippen LogP contribution is 2.50. The molecule has 21 nitrogen and oxygen atoms in total. The van der Waals surface area contributed by atoms with Gasteiger partial charge in [-0.1, -0.05) is 86.1 Å². The molecule has 7 N–H and O–H groups in total. The van der Waals surface area contributed by atoms with E-state index in [-0.39, 0.29) is 77.8 Å². The fourth-order valence-corrected chi connectivity index (χ4v) is 10.9. The van der Waals surface area contributed by atoms with E-state index in [4.69, 9.17) is 74.3 Å². The van der Waals surface area contributed by atoms with Crippen LogP contribution in [0, 0.1) is 17.8 Å². The first-order valence-electron chi connectivity index (χ1n) is 27.4. The van der Waals surface area contributed by atoms with E-state index in [2.05, 4.69) is 21.3 Å². The number of hydrogen-bond acceptors (Lipinski definition) is 16. The molecule has 3 aliphatic rings. The summed E-state index contributed by atoms with van der Waals surface area (Å²) in [6, 6.07) is 6.40. The fraction of sp³-hybridized carbons (Fsp3) is 0.586. The smallest absolute Gasteiger partial charge is 0.412 e. The van der Waals surface area contributed by atoms with Crippen LogP contribution >= 0.6 is 35.4 Å². The average Bonchev–Trinajstić information content (AvgIpc) is 2.05. The van der Waals surface area contributed by atoms with Gasteiger partial charge in [0.15, 0.2) is 5.78 Å². The predicted octanol–water partition coefficient (Wildman–Crippen LogP) is 6.91. The number of ketones is 2. The number of Topliss-reactive ketones (excluding diaryl/α,β-unsaturated/α-hetero) is 2. The summed E-state index contributed by atoms with van der Waals surface area (Å²) in [6.07, 6.45) is 1.11. The molecule has 0 radical (unpaired) electrons. The second kappa shape index (κ2) is 31.3. The Balaban J connectivity index is 1.31. The molecule has 5 amide bonds. The van der Waals surface area contributed by atoms with Gasteiger partial charge in [0.25, 0.3) is 0 Å². The molecular weight excluding hydrogens is 1120 g/mol. The Morgan fingerprint density at radius 2 is 1.73 bits per heavy atom. The van der Waals surface area contributed by atoms with E-state index in [1.807, 2.05) is 26.8 Å². The molecule has 2 aromatic carbocycles. The van der Waals surface area contributed by atoms with Crippen molar-refractivity contribution in [3.8, 4) is 5.75 Å². The Bertz CT molecular complexity index is 2690. The van der Waals surface area contributed by atoms with Crippen LogP contribution in [0.25, 0.3) is 0 Å². The molecule has 9 atom stereocenters. The number of fused-ring (bicyclic) bond motifs is 5. The van der Waals surface area contributed by atoms with Crippen molar-refractivity contribution >= 4 is 93.3 Å². The number of carbonyl (C=O) groups excluding carboxylic acids is 7. The number of hydrogen-bond donors (Lipinski definition) is 6. The molecule has 0 aliphatic carbocycles. The number of benzene rings is 2. The number of thiocarbonyl (C=S) groups is 1. The van der Waals surface area contributed by atoms with Crippen LogP contribution in [0.3, 0.4) is 0 Å². The van der Waals surface area contributed by atoms with E-state index in [9.17, 15) is 38.7 Å². The van der Waals surface area contributed by atoms with Crippen molar-refractivity contribution in [2.45, 2.75) is 141 Å². The molecule has 3 heterocycles. The number of anilines is 2. The normalized spacial score (nSPS) is 24.6. The summed E-state index contributed by atoms with van der Waals surface area (Å²) in [7, 11) is 4.46. The second-order valence-electron chi connectivity index (χ2n) is 21.7. The summed E-state index contributed by atoms with van der Waals surface area (Å²) in [5.41, 5.74) is 4.89. The second-order valence-corrected chi connectivity index (χ2v) is 22.9. The molecule has 452 valence electrons. The average molecular weight is 1200 g/mol. The summed E-state index contributed by atoms with van der Waals surface area (Å²) in [5.74, 6) is -2.84. The van der Waals surface area contributed by atoms with E-state index in [0.717, 1.165) is 11.1 Å². The molecule has 0 unspecified atom stereocenters. The largest absolute Gasteiger partial charge is 0.495 e. The van der Waals surface area contributed by atoms with Crippen LogP contribution in [0.4, 0.5) is 21.0 Å². The monoisotopic (exact) mass is 1200 g/mol. The van der Waals surface area contributed by atoms with Crippen LogP contribution in [0.5, 0.6) is 5.75 Å². The van der Waals surface area contributed by atoms with Crippen molar-refractivity contribution in [3.63, 3.8) is 0 Å². The van der Waals surface area contributed by atoms with Crippen LogP contribution in [-0.4, -0.2) is 154 Å². The van der Waals surface area contributed by atoms with Gasteiger partial charge in [-0.2, -0.15) is 0 Å². The van der Waals surface area contributed by atoms with E-state index >= 15 is 0 Å². The minimum Gasteiger partial charge on any atom is -0.495 e. The van der Waals surface area contributed by atoms with Crippen LogP contribution in [0.2, 0.25) is 10.0 Å².